The molecule has 0 aromatic carbocycles. The lowest BCUT2D eigenvalue weighted by Crippen LogP contribution is -2.50. The Morgan fingerprint density at radius 2 is 1.81 bits per heavy atom. The number of aromatic nitrogens is 2. The molecule has 2 heterocycles. The zero-order valence-electron chi connectivity index (χ0n) is 16.5. The molecule has 2 aliphatic rings. The van der Waals surface area contributed by atoms with Gasteiger partial charge in [-0.2, -0.15) is 0 Å². The first-order valence-corrected chi connectivity index (χ1v) is 10.3. The van der Waals surface area contributed by atoms with Crippen molar-refractivity contribution in [1.82, 2.24) is 20.4 Å². The molecule has 148 valence electrons. The van der Waals surface area contributed by atoms with Crippen LogP contribution in [0.3, 0.4) is 0 Å². The SMILES string of the molecule is CCC(CC)C(=O)N1CCN(c2ccc(C(=O)NCCC3CC3)nn2)CC1. The number of nitrogens with one attached hydrogen (secondary N) is 1. The van der Waals surface area contributed by atoms with Crippen LogP contribution in [0.2, 0.25) is 0 Å². The van der Waals surface area contributed by atoms with Crippen molar-refractivity contribution >= 4 is 17.6 Å². The maximum absolute atomic E-state index is 12.5. The minimum absolute atomic E-state index is 0.133. The molecule has 0 radical (unpaired) electrons. The van der Waals surface area contributed by atoms with E-state index in [1.807, 2.05) is 11.0 Å². The fourth-order valence-corrected chi connectivity index (χ4v) is 3.55. The van der Waals surface area contributed by atoms with E-state index in [4.69, 9.17) is 0 Å². The molecular formula is C20H31N5O2. The average Bonchev–Trinajstić information content (AvgIpc) is 3.53. The molecule has 1 N–H and O–H groups in total. The monoisotopic (exact) mass is 373 g/mol. The van der Waals surface area contributed by atoms with Crippen LogP contribution in [-0.4, -0.2) is 59.6 Å². The molecule has 0 bridgehead atoms. The van der Waals surface area contributed by atoms with Crippen molar-refractivity contribution in [1.29, 1.82) is 0 Å². The first kappa shape index (κ1) is 19.6. The normalized spacial score (nSPS) is 17.3. The van der Waals surface area contributed by atoms with Gasteiger partial charge in [0.25, 0.3) is 5.91 Å². The lowest BCUT2D eigenvalue weighted by molar-refractivity contribution is -0.136. The Labute approximate surface area is 161 Å². The summed E-state index contributed by atoms with van der Waals surface area (Å²) in [7, 11) is 0. The number of carbonyl (C=O) groups is 2. The highest BCUT2D eigenvalue weighted by molar-refractivity contribution is 5.92. The largest absolute Gasteiger partial charge is 0.352 e. The molecule has 1 aromatic heterocycles. The molecule has 0 spiro atoms. The predicted octanol–water partition coefficient (Wildman–Crippen LogP) is 2.09. The second kappa shape index (κ2) is 9.15. The van der Waals surface area contributed by atoms with E-state index in [1.54, 1.807) is 6.07 Å². The standard InChI is InChI=1S/C20H31N5O2/c1-3-16(4-2)20(27)25-13-11-24(12-14-25)18-8-7-17(22-23-18)19(26)21-10-9-15-5-6-15/h7-8,15-16H,3-6,9-14H2,1-2H3,(H,21,26). The van der Waals surface area contributed by atoms with Crippen molar-refractivity contribution in [3.63, 3.8) is 0 Å². The minimum atomic E-state index is -0.157. The first-order valence-electron chi connectivity index (χ1n) is 10.3. The maximum atomic E-state index is 12.5. The molecule has 2 fully saturated rings. The van der Waals surface area contributed by atoms with Gasteiger partial charge in [-0.25, -0.2) is 0 Å². The van der Waals surface area contributed by atoms with Gasteiger partial charge in [0, 0.05) is 38.6 Å². The van der Waals surface area contributed by atoms with Crippen molar-refractivity contribution in [2.24, 2.45) is 11.8 Å². The van der Waals surface area contributed by atoms with Gasteiger partial charge in [0.15, 0.2) is 11.5 Å². The zero-order chi connectivity index (χ0) is 19.2. The molecule has 0 atom stereocenters. The number of amides is 2. The van der Waals surface area contributed by atoms with E-state index in [1.165, 1.54) is 12.8 Å². The van der Waals surface area contributed by atoms with Gasteiger partial charge in [-0.05, 0) is 37.3 Å². The van der Waals surface area contributed by atoms with Gasteiger partial charge in [-0.3, -0.25) is 9.59 Å². The van der Waals surface area contributed by atoms with Crippen LogP contribution in [0.5, 0.6) is 0 Å². The zero-order valence-corrected chi connectivity index (χ0v) is 16.5. The average molecular weight is 374 g/mol. The Hall–Kier alpha value is -2.18. The van der Waals surface area contributed by atoms with Crippen LogP contribution in [0.25, 0.3) is 0 Å². The Kier molecular flexibility index (Phi) is 6.63. The lowest BCUT2D eigenvalue weighted by Gasteiger charge is -2.36. The highest BCUT2D eigenvalue weighted by Crippen LogP contribution is 2.31. The molecule has 1 saturated heterocycles. The van der Waals surface area contributed by atoms with Gasteiger partial charge >= 0.3 is 0 Å². The third-order valence-corrected chi connectivity index (χ3v) is 5.67. The third kappa shape index (κ3) is 5.17. The summed E-state index contributed by atoms with van der Waals surface area (Å²) >= 11 is 0. The molecule has 1 aromatic rings. The van der Waals surface area contributed by atoms with E-state index in [9.17, 15) is 9.59 Å². The van der Waals surface area contributed by atoms with E-state index in [0.29, 0.717) is 25.3 Å². The first-order chi connectivity index (χ1) is 13.1. The number of hydrogen-bond donors (Lipinski definition) is 1. The highest BCUT2D eigenvalue weighted by Gasteiger charge is 2.26. The van der Waals surface area contributed by atoms with Crippen molar-refractivity contribution in [2.45, 2.75) is 46.0 Å². The summed E-state index contributed by atoms with van der Waals surface area (Å²) in [6, 6.07) is 3.58. The third-order valence-electron chi connectivity index (χ3n) is 5.67. The summed E-state index contributed by atoms with van der Waals surface area (Å²) in [6.07, 6.45) is 5.43. The molecular weight excluding hydrogens is 342 g/mol. The van der Waals surface area contributed by atoms with Crippen molar-refractivity contribution in [2.75, 3.05) is 37.6 Å². The molecule has 1 saturated carbocycles. The Morgan fingerprint density at radius 3 is 2.37 bits per heavy atom. The van der Waals surface area contributed by atoms with E-state index < -0.39 is 0 Å². The minimum Gasteiger partial charge on any atom is -0.352 e. The molecule has 7 nitrogen and oxygen atoms in total. The lowest BCUT2D eigenvalue weighted by atomic mass is 10.0. The van der Waals surface area contributed by atoms with Crippen LogP contribution in [0.1, 0.15) is 56.4 Å². The second-order valence-corrected chi connectivity index (χ2v) is 7.59. The molecule has 27 heavy (non-hydrogen) atoms. The summed E-state index contributed by atoms with van der Waals surface area (Å²) in [4.78, 5) is 28.7. The number of nitrogens with zero attached hydrogens (tertiary/aromatic N) is 4. The van der Waals surface area contributed by atoms with Crippen molar-refractivity contribution in [3.05, 3.63) is 17.8 Å². The Morgan fingerprint density at radius 1 is 1.11 bits per heavy atom. The number of piperazine rings is 1. The van der Waals surface area contributed by atoms with Crippen LogP contribution in [-0.2, 0) is 4.79 Å². The van der Waals surface area contributed by atoms with Crippen LogP contribution >= 0.6 is 0 Å². The van der Waals surface area contributed by atoms with E-state index >= 15 is 0 Å². The fraction of sp³-hybridized carbons (Fsp3) is 0.700. The van der Waals surface area contributed by atoms with Crippen LogP contribution < -0.4 is 10.2 Å². The summed E-state index contributed by atoms with van der Waals surface area (Å²) < 4.78 is 0. The quantitative estimate of drug-likeness (QED) is 0.755. The van der Waals surface area contributed by atoms with Gasteiger partial charge in [0.1, 0.15) is 0 Å². The van der Waals surface area contributed by atoms with Crippen LogP contribution in [0.4, 0.5) is 5.82 Å². The molecule has 2 amide bonds. The predicted molar refractivity (Wildman–Crippen MR) is 105 cm³/mol. The van der Waals surface area contributed by atoms with E-state index in [2.05, 4.69) is 34.3 Å². The van der Waals surface area contributed by atoms with Gasteiger partial charge in [0.2, 0.25) is 5.91 Å². The van der Waals surface area contributed by atoms with E-state index in [0.717, 1.165) is 44.1 Å². The Balaban J connectivity index is 1.48. The van der Waals surface area contributed by atoms with Gasteiger partial charge in [0.05, 0.1) is 0 Å². The van der Waals surface area contributed by atoms with Gasteiger partial charge in [-0.15, -0.1) is 10.2 Å². The van der Waals surface area contributed by atoms with Crippen LogP contribution in [0, 0.1) is 11.8 Å². The summed E-state index contributed by atoms with van der Waals surface area (Å²) in [5, 5.41) is 11.2. The van der Waals surface area contributed by atoms with Gasteiger partial charge < -0.3 is 15.1 Å². The van der Waals surface area contributed by atoms with Gasteiger partial charge in [-0.1, -0.05) is 26.7 Å². The number of hydrogen-bond acceptors (Lipinski definition) is 5. The molecule has 1 aliphatic carbocycles. The molecule has 1 aliphatic heterocycles. The molecule has 3 rings (SSSR count). The molecule has 7 heteroatoms. The number of anilines is 1. The van der Waals surface area contributed by atoms with Crippen molar-refractivity contribution in [3.8, 4) is 0 Å². The summed E-state index contributed by atoms with van der Waals surface area (Å²) in [5.74, 6) is 1.81. The summed E-state index contributed by atoms with van der Waals surface area (Å²) in [5.41, 5.74) is 0.358. The fourth-order valence-electron chi connectivity index (χ4n) is 3.55. The smallest absolute Gasteiger partial charge is 0.271 e. The Bertz CT molecular complexity index is 632. The number of rotatable bonds is 8. The molecule has 0 unspecified atom stereocenters. The van der Waals surface area contributed by atoms with Crippen molar-refractivity contribution < 1.29 is 9.59 Å². The number of carbonyl (C=O) groups excluding carboxylic acids is 2. The highest BCUT2D eigenvalue weighted by atomic mass is 16.2. The summed E-state index contributed by atoms with van der Waals surface area (Å²) in [6.45, 7) is 7.75. The second-order valence-electron chi connectivity index (χ2n) is 7.59. The van der Waals surface area contributed by atoms with E-state index in [-0.39, 0.29) is 17.7 Å². The topological polar surface area (TPSA) is 78.4 Å². The maximum Gasteiger partial charge on any atom is 0.271 e. The van der Waals surface area contributed by atoms with Crippen LogP contribution in [0.15, 0.2) is 12.1 Å².